The van der Waals surface area contributed by atoms with Crippen molar-refractivity contribution in [3.63, 3.8) is 0 Å². The SMILES string of the molecule is CCn1c(=O)cc(C(F)(F)F)n(COC(C)=O)c1=Nc1ccc(C(F)(F)F)cc1C(F)(F)F. The molecule has 0 atom stereocenters. The number of aromatic nitrogens is 2. The molecule has 1 aromatic carbocycles. The van der Waals surface area contributed by atoms with Crippen LogP contribution in [0.3, 0.4) is 0 Å². The van der Waals surface area contributed by atoms with Crippen LogP contribution < -0.4 is 11.2 Å². The summed E-state index contributed by atoms with van der Waals surface area (Å²) in [5, 5.41) is 0. The van der Waals surface area contributed by atoms with Gasteiger partial charge in [-0.3, -0.25) is 18.7 Å². The first-order valence-corrected chi connectivity index (χ1v) is 8.85. The first kappa shape index (κ1) is 26.0. The second kappa shape index (κ2) is 8.94. The van der Waals surface area contributed by atoms with Crippen molar-refractivity contribution in [1.29, 1.82) is 0 Å². The number of carbonyl (C=O) groups is 1. The molecule has 0 radical (unpaired) electrons. The Kier molecular flexibility index (Phi) is 7.04. The highest BCUT2D eigenvalue weighted by Gasteiger charge is 2.39. The van der Waals surface area contributed by atoms with E-state index in [1.165, 1.54) is 6.92 Å². The Hall–Kier alpha value is -3.26. The van der Waals surface area contributed by atoms with Crippen molar-refractivity contribution in [3.8, 4) is 0 Å². The first-order valence-electron chi connectivity index (χ1n) is 8.85. The van der Waals surface area contributed by atoms with E-state index in [1.807, 2.05) is 0 Å². The third-order valence-corrected chi connectivity index (χ3v) is 4.15. The number of halogens is 9. The highest BCUT2D eigenvalue weighted by Crippen LogP contribution is 2.40. The molecule has 0 saturated heterocycles. The summed E-state index contributed by atoms with van der Waals surface area (Å²) in [6, 6.07) is 0.444. The molecule has 0 unspecified atom stereocenters. The third kappa shape index (κ3) is 5.96. The molecule has 6 nitrogen and oxygen atoms in total. The fraction of sp³-hybridized carbons (Fsp3) is 0.389. The van der Waals surface area contributed by atoms with Crippen molar-refractivity contribution in [2.24, 2.45) is 4.99 Å². The summed E-state index contributed by atoms with van der Waals surface area (Å²) in [7, 11) is 0. The van der Waals surface area contributed by atoms with E-state index in [1.54, 1.807) is 0 Å². The van der Waals surface area contributed by atoms with Crippen molar-refractivity contribution in [3.05, 3.63) is 57.1 Å². The van der Waals surface area contributed by atoms with E-state index in [2.05, 4.69) is 9.73 Å². The monoisotopic (exact) mass is 491 g/mol. The van der Waals surface area contributed by atoms with Gasteiger partial charge in [0, 0.05) is 19.5 Å². The zero-order chi connectivity index (χ0) is 25.4. The lowest BCUT2D eigenvalue weighted by Crippen LogP contribution is -2.43. The number of alkyl halides is 9. The predicted molar refractivity (Wildman–Crippen MR) is 92.8 cm³/mol. The Labute approximate surface area is 178 Å². The highest BCUT2D eigenvalue weighted by molar-refractivity contribution is 5.65. The second-order valence-electron chi connectivity index (χ2n) is 6.44. The summed E-state index contributed by atoms with van der Waals surface area (Å²) >= 11 is 0. The zero-order valence-corrected chi connectivity index (χ0v) is 16.7. The summed E-state index contributed by atoms with van der Waals surface area (Å²) in [4.78, 5) is 26.8. The largest absolute Gasteiger partial charge is 0.444 e. The molecule has 0 aliphatic rings. The van der Waals surface area contributed by atoms with Crippen molar-refractivity contribution in [2.75, 3.05) is 0 Å². The molecule has 182 valence electrons. The van der Waals surface area contributed by atoms with Crippen LogP contribution in [0.1, 0.15) is 30.7 Å². The number of nitrogens with zero attached hydrogens (tertiary/aromatic N) is 3. The molecule has 0 aliphatic heterocycles. The lowest BCUT2D eigenvalue weighted by molar-refractivity contribution is -0.154. The van der Waals surface area contributed by atoms with Gasteiger partial charge in [0.25, 0.3) is 5.56 Å². The van der Waals surface area contributed by atoms with E-state index < -0.39 is 64.9 Å². The van der Waals surface area contributed by atoms with Gasteiger partial charge < -0.3 is 4.74 Å². The van der Waals surface area contributed by atoms with E-state index in [-0.39, 0.29) is 29.3 Å². The minimum absolute atomic E-state index is 0.128. The second-order valence-corrected chi connectivity index (χ2v) is 6.44. The Bertz CT molecular complexity index is 1170. The summed E-state index contributed by atoms with van der Waals surface area (Å²) < 4.78 is 125. The maximum atomic E-state index is 13.5. The van der Waals surface area contributed by atoms with Crippen LogP contribution in [-0.4, -0.2) is 15.1 Å². The molecule has 1 heterocycles. The molecule has 2 aromatic rings. The lowest BCUT2D eigenvalue weighted by Gasteiger charge is -2.19. The number of hydrogen-bond donors (Lipinski definition) is 0. The summed E-state index contributed by atoms with van der Waals surface area (Å²) in [5.74, 6) is -1.05. The van der Waals surface area contributed by atoms with Gasteiger partial charge in [0.1, 0.15) is 5.69 Å². The minimum atomic E-state index is -5.38. The van der Waals surface area contributed by atoms with E-state index in [0.29, 0.717) is 10.6 Å². The van der Waals surface area contributed by atoms with Gasteiger partial charge in [0.2, 0.25) is 5.62 Å². The van der Waals surface area contributed by atoms with Crippen LogP contribution in [0.4, 0.5) is 45.2 Å². The van der Waals surface area contributed by atoms with Gasteiger partial charge in [-0.05, 0) is 25.1 Å². The predicted octanol–water partition coefficient (Wildman–Crippen LogP) is 4.48. The van der Waals surface area contributed by atoms with E-state index in [4.69, 9.17) is 0 Å². The molecule has 33 heavy (non-hydrogen) atoms. The van der Waals surface area contributed by atoms with Gasteiger partial charge in [-0.25, -0.2) is 4.99 Å². The number of ether oxygens (including phenoxy) is 1. The van der Waals surface area contributed by atoms with Crippen LogP contribution in [0.15, 0.2) is 34.1 Å². The van der Waals surface area contributed by atoms with Gasteiger partial charge in [0.15, 0.2) is 6.73 Å². The Morgan fingerprint density at radius 1 is 0.939 bits per heavy atom. The normalized spacial score (nSPS) is 13.4. The van der Waals surface area contributed by atoms with Crippen LogP contribution in [0.2, 0.25) is 0 Å². The molecule has 0 aliphatic carbocycles. The quantitative estimate of drug-likeness (QED) is 0.468. The average molecular weight is 491 g/mol. The Balaban J connectivity index is 3.01. The van der Waals surface area contributed by atoms with Crippen molar-refractivity contribution < 1.29 is 49.0 Å². The van der Waals surface area contributed by atoms with Crippen molar-refractivity contribution >= 4 is 11.7 Å². The minimum Gasteiger partial charge on any atom is -0.444 e. The number of hydrogen-bond acceptors (Lipinski definition) is 4. The average Bonchev–Trinajstić information content (AvgIpc) is 2.64. The van der Waals surface area contributed by atoms with Gasteiger partial charge in [-0.2, -0.15) is 39.5 Å². The standard InChI is InChI=1S/C18H14F9N3O3/c1-3-29-14(32)7-13(18(25,26)27)30(8-33-9(2)31)15(29)28-12-5-4-10(16(19,20)21)6-11(12)17(22,23)24/h4-7H,3,8H2,1-2H3. The molecule has 0 bridgehead atoms. The summed E-state index contributed by atoms with van der Waals surface area (Å²) in [6.07, 6.45) is -15.7. The topological polar surface area (TPSA) is 65.6 Å². The van der Waals surface area contributed by atoms with E-state index in [9.17, 15) is 49.1 Å². The number of rotatable bonds is 4. The van der Waals surface area contributed by atoms with E-state index >= 15 is 0 Å². The Morgan fingerprint density at radius 2 is 1.55 bits per heavy atom. The van der Waals surface area contributed by atoms with Gasteiger partial charge in [-0.15, -0.1) is 0 Å². The molecule has 0 amide bonds. The van der Waals surface area contributed by atoms with Crippen LogP contribution in [0.25, 0.3) is 0 Å². The van der Waals surface area contributed by atoms with E-state index in [0.717, 1.165) is 6.92 Å². The molecule has 2 rings (SSSR count). The third-order valence-electron chi connectivity index (χ3n) is 4.15. The molecule has 15 heteroatoms. The number of carbonyl (C=O) groups excluding carboxylic acids is 1. The molecule has 1 aromatic heterocycles. The number of esters is 1. The van der Waals surface area contributed by atoms with Gasteiger partial charge in [0.05, 0.1) is 16.8 Å². The number of benzene rings is 1. The molecule has 0 N–H and O–H groups in total. The smallest absolute Gasteiger partial charge is 0.431 e. The van der Waals surface area contributed by atoms with Gasteiger partial charge in [-0.1, -0.05) is 0 Å². The zero-order valence-electron chi connectivity index (χ0n) is 16.7. The van der Waals surface area contributed by atoms with Crippen molar-refractivity contribution in [2.45, 2.75) is 45.7 Å². The maximum Gasteiger partial charge on any atom is 0.431 e. The van der Waals surface area contributed by atoms with Gasteiger partial charge >= 0.3 is 24.5 Å². The maximum absolute atomic E-state index is 13.5. The molecule has 0 spiro atoms. The molecule has 0 fully saturated rings. The fourth-order valence-electron chi connectivity index (χ4n) is 2.71. The summed E-state index contributed by atoms with van der Waals surface area (Å²) in [6.45, 7) is 0.544. The van der Waals surface area contributed by atoms with Crippen LogP contribution in [-0.2, 0) is 41.3 Å². The Morgan fingerprint density at radius 3 is 2.00 bits per heavy atom. The summed E-state index contributed by atoms with van der Waals surface area (Å²) in [5.41, 5.74) is -8.78. The fourth-order valence-corrected chi connectivity index (χ4v) is 2.71. The lowest BCUT2D eigenvalue weighted by atomic mass is 10.1. The van der Waals surface area contributed by atoms with Crippen molar-refractivity contribution in [1.82, 2.24) is 9.13 Å². The molecule has 0 saturated carbocycles. The highest BCUT2D eigenvalue weighted by atomic mass is 19.4. The molecular weight excluding hydrogens is 477 g/mol. The van der Waals surface area contributed by atoms with Crippen LogP contribution in [0.5, 0.6) is 0 Å². The van der Waals surface area contributed by atoms with Crippen LogP contribution >= 0.6 is 0 Å². The first-order chi connectivity index (χ1) is 15.0. The molecular formula is C18H14F9N3O3. The van der Waals surface area contributed by atoms with Crippen LogP contribution in [0, 0.1) is 0 Å².